The highest BCUT2D eigenvalue weighted by molar-refractivity contribution is 7.90. The SMILES string of the molecule is COc1cccc2c1[C@@H](C(=O)NS(=O)(=O)c1cccc3ccccc13)CC(C)(C)O2. The van der Waals surface area contributed by atoms with E-state index in [1.807, 2.05) is 32.0 Å². The van der Waals surface area contributed by atoms with Gasteiger partial charge < -0.3 is 9.47 Å². The van der Waals surface area contributed by atoms with Gasteiger partial charge in [-0.15, -0.1) is 0 Å². The lowest BCUT2D eigenvalue weighted by atomic mass is 9.83. The van der Waals surface area contributed by atoms with Crippen LogP contribution >= 0.6 is 0 Å². The van der Waals surface area contributed by atoms with E-state index < -0.39 is 27.4 Å². The third-order valence-corrected chi connectivity index (χ3v) is 6.67. The first-order valence-corrected chi connectivity index (χ1v) is 11.1. The van der Waals surface area contributed by atoms with Crippen molar-refractivity contribution in [2.45, 2.75) is 36.7 Å². The molecule has 30 heavy (non-hydrogen) atoms. The second-order valence-electron chi connectivity index (χ2n) is 7.94. The molecule has 0 aromatic heterocycles. The first-order chi connectivity index (χ1) is 14.2. The summed E-state index contributed by atoms with van der Waals surface area (Å²) >= 11 is 0. The van der Waals surface area contributed by atoms with E-state index in [1.54, 1.807) is 36.4 Å². The molecule has 7 heteroatoms. The Kier molecular flexibility index (Phi) is 4.94. The largest absolute Gasteiger partial charge is 0.496 e. The number of rotatable bonds is 4. The Morgan fingerprint density at radius 1 is 1.07 bits per heavy atom. The van der Waals surface area contributed by atoms with Crippen LogP contribution in [0.1, 0.15) is 31.7 Å². The molecule has 0 spiro atoms. The molecule has 156 valence electrons. The van der Waals surface area contributed by atoms with E-state index in [4.69, 9.17) is 9.47 Å². The van der Waals surface area contributed by atoms with Crippen LogP contribution in [0.25, 0.3) is 10.8 Å². The predicted molar refractivity (Wildman–Crippen MR) is 114 cm³/mol. The van der Waals surface area contributed by atoms with Gasteiger partial charge >= 0.3 is 0 Å². The number of carbonyl (C=O) groups is 1. The van der Waals surface area contributed by atoms with Crippen LogP contribution in [0, 0.1) is 0 Å². The van der Waals surface area contributed by atoms with Gasteiger partial charge in [0.25, 0.3) is 10.0 Å². The molecule has 4 rings (SSSR count). The molecule has 0 saturated heterocycles. The lowest BCUT2D eigenvalue weighted by molar-refractivity contribution is -0.122. The molecule has 0 radical (unpaired) electrons. The van der Waals surface area contributed by atoms with Gasteiger partial charge in [0, 0.05) is 17.4 Å². The highest BCUT2D eigenvalue weighted by atomic mass is 32.2. The lowest BCUT2D eigenvalue weighted by Gasteiger charge is -2.37. The van der Waals surface area contributed by atoms with Gasteiger partial charge in [0.15, 0.2) is 0 Å². The number of benzene rings is 3. The maximum Gasteiger partial charge on any atom is 0.264 e. The van der Waals surface area contributed by atoms with E-state index in [-0.39, 0.29) is 4.90 Å². The Morgan fingerprint density at radius 3 is 2.53 bits per heavy atom. The number of hydrogen-bond donors (Lipinski definition) is 1. The van der Waals surface area contributed by atoms with Crippen molar-refractivity contribution in [2.24, 2.45) is 0 Å². The number of carbonyl (C=O) groups excluding carboxylic acids is 1. The number of methoxy groups -OCH3 is 1. The third kappa shape index (κ3) is 3.61. The monoisotopic (exact) mass is 425 g/mol. The van der Waals surface area contributed by atoms with E-state index in [9.17, 15) is 13.2 Å². The van der Waals surface area contributed by atoms with Gasteiger partial charge in [-0.1, -0.05) is 42.5 Å². The van der Waals surface area contributed by atoms with Crippen LogP contribution < -0.4 is 14.2 Å². The summed E-state index contributed by atoms with van der Waals surface area (Å²) in [6, 6.07) is 17.4. The molecular weight excluding hydrogens is 402 g/mol. The molecule has 0 aliphatic carbocycles. The van der Waals surface area contributed by atoms with Crippen molar-refractivity contribution in [1.29, 1.82) is 0 Å². The first-order valence-electron chi connectivity index (χ1n) is 9.62. The zero-order valence-corrected chi connectivity index (χ0v) is 17.8. The fourth-order valence-electron chi connectivity index (χ4n) is 3.98. The Bertz CT molecular complexity index is 1230. The van der Waals surface area contributed by atoms with E-state index in [0.29, 0.717) is 28.9 Å². The van der Waals surface area contributed by atoms with Gasteiger partial charge in [-0.05, 0) is 37.4 Å². The van der Waals surface area contributed by atoms with Crippen LogP contribution in [0.15, 0.2) is 65.6 Å². The van der Waals surface area contributed by atoms with Crippen LogP contribution in [0.2, 0.25) is 0 Å². The van der Waals surface area contributed by atoms with E-state index in [0.717, 1.165) is 5.39 Å². The van der Waals surface area contributed by atoms with Gasteiger partial charge in [-0.2, -0.15) is 0 Å². The first kappa shape index (κ1) is 20.2. The highest BCUT2D eigenvalue weighted by Crippen LogP contribution is 2.45. The van der Waals surface area contributed by atoms with Crippen molar-refractivity contribution in [3.63, 3.8) is 0 Å². The average molecular weight is 426 g/mol. The van der Waals surface area contributed by atoms with Crippen LogP contribution in [0.4, 0.5) is 0 Å². The summed E-state index contributed by atoms with van der Waals surface area (Å²) in [6.45, 7) is 3.74. The van der Waals surface area contributed by atoms with Gasteiger partial charge in [-0.25, -0.2) is 13.1 Å². The molecule has 1 amide bonds. The Labute approximate surface area is 175 Å². The van der Waals surface area contributed by atoms with Gasteiger partial charge in [0.1, 0.15) is 17.1 Å². The van der Waals surface area contributed by atoms with E-state index >= 15 is 0 Å². The van der Waals surface area contributed by atoms with Crippen LogP contribution in [-0.4, -0.2) is 27.0 Å². The summed E-state index contributed by atoms with van der Waals surface area (Å²) in [6.07, 6.45) is 0.317. The minimum Gasteiger partial charge on any atom is -0.496 e. The third-order valence-electron chi connectivity index (χ3n) is 5.27. The van der Waals surface area contributed by atoms with Crippen molar-refractivity contribution in [2.75, 3.05) is 7.11 Å². The molecule has 1 aliphatic heterocycles. The van der Waals surface area contributed by atoms with Crippen LogP contribution in [0.5, 0.6) is 11.5 Å². The van der Waals surface area contributed by atoms with Crippen LogP contribution in [0.3, 0.4) is 0 Å². The van der Waals surface area contributed by atoms with Gasteiger partial charge in [0.2, 0.25) is 5.91 Å². The number of nitrogens with one attached hydrogen (secondary N) is 1. The molecule has 1 heterocycles. The van der Waals surface area contributed by atoms with Crippen LogP contribution in [-0.2, 0) is 14.8 Å². The molecule has 3 aromatic rings. The van der Waals surface area contributed by atoms with Gasteiger partial charge in [-0.3, -0.25) is 4.79 Å². The molecule has 1 aliphatic rings. The second-order valence-corrected chi connectivity index (χ2v) is 9.59. The summed E-state index contributed by atoms with van der Waals surface area (Å²) in [5.74, 6) is -0.325. The number of hydrogen-bond acceptors (Lipinski definition) is 5. The van der Waals surface area contributed by atoms with Crippen molar-refractivity contribution in [1.82, 2.24) is 4.72 Å². The average Bonchev–Trinajstić information content (AvgIpc) is 2.71. The summed E-state index contributed by atoms with van der Waals surface area (Å²) in [4.78, 5) is 13.3. The van der Waals surface area contributed by atoms with Crippen molar-refractivity contribution in [3.05, 3.63) is 66.2 Å². The van der Waals surface area contributed by atoms with E-state index in [2.05, 4.69) is 4.72 Å². The fraction of sp³-hybridized carbons (Fsp3) is 0.261. The zero-order chi connectivity index (χ0) is 21.5. The standard InChI is InChI=1S/C23H23NO5S/c1-23(2)14-17(21-18(28-3)11-7-12-19(21)29-23)22(25)24-30(26,27)20-13-6-9-15-8-4-5-10-16(15)20/h4-13,17H,14H2,1-3H3,(H,24,25)/t17-/m0/s1. The van der Waals surface area contributed by atoms with Crippen molar-refractivity contribution < 1.29 is 22.7 Å². The molecule has 6 nitrogen and oxygen atoms in total. The summed E-state index contributed by atoms with van der Waals surface area (Å²) in [5.41, 5.74) is -0.0742. The number of ether oxygens (including phenoxy) is 2. The lowest BCUT2D eigenvalue weighted by Crippen LogP contribution is -2.42. The molecule has 0 bridgehead atoms. The second kappa shape index (κ2) is 7.32. The molecule has 1 atom stereocenters. The maximum absolute atomic E-state index is 13.2. The molecule has 0 unspecified atom stereocenters. The maximum atomic E-state index is 13.2. The minimum atomic E-state index is -4.08. The normalized spacial score (nSPS) is 17.6. The molecule has 0 fully saturated rings. The zero-order valence-electron chi connectivity index (χ0n) is 17.0. The Morgan fingerprint density at radius 2 is 1.77 bits per heavy atom. The Hall–Kier alpha value is -3.06. The molecule has 3 aromatic carbocycles. The van der Waals surface area contributed by atoms with Crippen molar-refractivity contribution >= 4 is 26.7 Å². The fourth-order valence-corrected chi connectivity index (χ4v) is 5.23. The molecular formula is C23H23NO5S. The quantitative estimate of drug-likeness (QED) is 0.683. The Balaban J connectivity index is 1.74. The minimum absolute atomic E-state index is 0.0699. The van der Waals surface area contributed by atoms with Gasteiger partial charge in [0.05, 0.1) is 17.9 Å². The highest BCUT2D eigenvalue weighted by Gasteiger charge is 2.40. The number of fused-ring (bicyclic) bond motifs is 2. The molecule has 1 N–H and O–H groups in total. The summed E-state index contributed by atoms with van der Waals surface area (Å²) < 4.78 is 40.0. The summed E-state index contributed by atoms with van der Waals surface area (Å²) in [7, 11) is -2.56. The molecule has 0 saturated carbocycles. The topological polar surface area (TPSA) is 81.7 Å². The predicted octanol–water partition coefficient (Wildman–Crippen LogP) is 4.00. The number of sulfonamides is 1. The number of amides is 1. The van der Waals surface area contributed by atoms with Crippen molar-refractivity contribution in [3.8, 4) is 11.5 Å². The van der Waals surface area contributed by atoms with E-state index in [1.165, 1.54) is 13.2 Å². The summed E-state index contributed by atoms with van der Waals surface area (Å²) in [5, 5.41) is 1.35. The smallest absolute Gasteiger partial charge is 0.264 e.